The molecule has 0 saturated carbocycles. The standard InChI is InChI=1S/C57H74ClN9O8S/c1-35(2)76(71,72)50-20-13-12-18-46(50)62-52-44(58)33-61-56(66-52)64-47-29-36(3)39(32-49(47)73-9)23-24-60-25-26-74-27-28-75-42-22-21-40-31-48(54(69)63-45-19-14-16-38-15-10-11-17-43(38)45)67(34-41(40)30-42)55(70)51(57(5,6)7)65-53(68)37(4)59-8/h10-13,15,17-18,20-22,29-30,32-33,35,37,45,48,51,59-60H,14,16,19,23-28,31,34H2,1-9H3,(H,63,69)(H,65,68)(H2,61,62,64,66)/t37-,45-,48-,51+/m0/s1. The number of benzene rings is 4. The molecule has 1 aromatic heterocycles. The number of carbonyl (C=O) groups excluding carboxylic acids is 3. The molecule has 3 amide bonds. The van der Waals surface area contributed by atoms with Crippen LogP contribution in [0.3, 0.4) is 0 Å². The minimum Gasteiger partial charge on any atom is -0.495 e. The molecular weight excluding hydrogens is 1010 g/mol. The van der Waals surface area contributed by atoms with E-state index >= 15 is 0 Å². The Bertz CT molecular complexity index is 2970. The number of aryl methyl sites for hydroxylation is 2. The average Bonchev–Trinajstić information content (AvgIpc) is 3.40. The molecule has 0 unspecified atom stereocenters. The number of anilines is 4. The molecule has 5 aromatic rings. The largest absolute Gasteiger partial charge is 0.495 e. The van der Waals surface area contributed by atoms with E-state index in [1.807, 2.05) is 70.2 Å². The third kappa shape index (κ3) is 14.2. The van der Waals surface area contributed by atoms with Gasteiger partial charge < -0.3 is 51.0 Å². The van der Waals surface area contributed by atoms with E-state index in [2.05, 4.69) is 54.0 Å². The van der Waals surface area contributed by atoms with Crippen LogP contribution in [0.5, 0.6) is 11.5 Å². The van der Waals surface area contributed by atoms with Crippen LogP contribution < -0.4 is 41.4 Å². The third-order valence-electron chi connectivity index (χ3n) is 14.0. The molecule has 17 nitrogen and oxygen atoms in total. The third-order valence-corrected chi connectivity index (χ3v) is 16.5. The second-order valence-corrected chi connectivity index (χ2v) is 23.6. The summed E-state index contributed by atoms with van der Waals surface area (Å²) in [7, 11) is -0.293. The van der Waals surface area contributed by atoms with E-state index in [4.69, 9.17) is 25.8 Å². The van der Waals surface area contributed by atoms with Gasteiger partial charge in [0.05, 0.1) is 60.1 Å². The molecule has 76 heavy (non-hydrogen) atoms. The number of carbonyl (C=O) groups is 3. The van der Waals surface area contributed by atoms with Crippen molar-refractivity contribution in [3.05, 3.63) is 123 Å². The van der Waals surface area contributed by atoms with E-state index in [9.17, 15) is 22.8 Å². The first-order chi connectivity index (χ1) is 36.3. The van der Waals surface area contributed by atoms with Gasteiger partial charge in [0.2, 0.25) is 23.7 Å². The van der Waals surface area contributed by atoms with Crippen LogP contribution in [-0.2, 0) is 54.8 Å². The van der Waals surface area contributed by atoms with Gasteiger partial charge in [-0.1, -0.05) is 74.8 Å². The summed E-state index contributed by atoms with van der Waals surface area (Å²) < 4.78 is 43.9. The second kappa shape index (κ2) is 25.7. The molecule has 2 aliphatic rings. The van der Waals surface area contributed by atoms with Crippen LogP contribution in [0.2, 0.25) is 5.02 Å². The van der Waals surface area contributed by atoms with Gasteiger partial charge in [-0.25, -0.2) is 13.4 Å². The Hall–Kier alpha value is -6.31. The van der Waals surface area contributed by atoms with Crippen LogP contribution in [0, 0.1) is 12.3 Å². The minimum absolute atomic E-state index is 0.151. The topological polar surface area (TPSA) is 214 Å². The van der Waals surface area contributed by atoms with Crippen molar-refractivity contribution in [1.29, 1.82) is 0 Å². The number of nitrogens with one attached hydrogen (secondary N) is 6. The fourth-order valence-electron chi connectivity index (χ4n) is 9.41. The Kier molecular flexibility index (Phi) is 19.4. The highest BCUT2D eigenvalue weighted by molar-refractivity contribution is 7.92. The fourth-order valence-corrected chi connectivity index (χ4v) is 10.8. The molecule has 1 aliphatic carbocycles. The predicted octanol–water partition coefficient (Wildman–Crippen LogP) is 7.93. The molecule has 0 saturated heterocycles. The van der Waals surface area contributed by atoms with Gasteiger partial charge >= 0.3 is 0 Å². The average molecular weight is 1080 g/mol. The van der Waals surface area contributed by atoms with E-state index in [1.165, 1.54) is 11.8 Å². The van der Waals surface area contributed by atoms with Crippen molar-refractivity contribution < 1.29 is 37.0 Å². The van der Waals surface area contributed by atoms with Gasteiger partial charge in [0.25, 0.3) is 0 Å². The molecule has 2 heterocycles. The van der Waals surface area contributed by atoms with Crippen molar-refractivity contribution in [2.45, 2.75) is 121 Å². The van der Waals surface area contributed by atoms with Gasteiger partial charge in [-0.05, 0) is 142 Å². The van der Waals surface area contributed by atoms with E-state index in [-0.39, 0.29) is 52.0 Å². The SMILES string of the molecule is CN[C@@H](C)C(=O)N[C@H](C(=O)N1Cc2cc(OCCOCCNCCc3cc(OC)c(Nc4ncc(Cl)c(Nc5ccccc5S(=O)(=O)C(C)C)n4)cc3C)ccc2C[C@H]1C(=O)N[C@H]1CCCc2ccccc21)C(C)(C)C. The number of aromatic nitrogens is 2. The lowest BCUT2D eigenvalue weighted by Gasteiger charge is -2.41. The van der Waals surface area contributed by atoms with Crippen molar-refractivity contribution in [3.63, 3.8) is 0 Å². The number of sulfone groups is 1. The summed E-state index contributed by atoms with van der Waals surface area (Å²) >= 11 is 6.47. The Labute approximate surface area is 452 Å². The molecule has 0 radical (unpaired) electrons. The number of nitrogens with zero attached hydrogens (tertiary/aromatic N) is 3. The minimum atomic E-state index is -3.58. The Morgan fingerprint density at radius 1 is 0.895 bits per heavy atom. The highest BCUT2D eigenvalue weighted by Crippen LogP contribution is 2.36. The molecule has 4 aromatic carbocycles. The number of halogens is 1. The zero-order valence-electron chi connectivity index (χ0n) is 45.1. The lowest BCUT2D eigenvalue weighted by atomic mass is 9.83. The normalized spacial score (nSPS) is 16.2. The maximum Gasteiger partial charge on any atom is 0.246 e. The van der Waals surface area contributed by atoms with Crippen LogP contribution in [0.1, 0.15) is 93.8 Å². The number of para-hydroxylation sites is 1. The quantitative estimate of drug-likeness (QED) is 0.0343. The molecule has 0 spiro atoms. The number of likely N-dealkylation sites (N-methyl/N-ethyl adjacent to an activating group) is 1. The number of methoxy groups -OCH3 is 1. The van der Waals surface area contributed by atoms with Gasteiger partial charge in [-0.2, -0.15) is 4.98 Å². The summed E-state index contributed by atoms with van der Waals surface area (Å²) in [6.07, 6.45) is 5.24. The zero-order chi connectivity index (χ0) is 54.7. The van der Waals surface area contributed by atoms with Crippen molar-refractivity contribution in [2.24, 2.45) is 5.41 Å². The van der Waals surface area contributed by atoms with Gasteiger partial charge in [-0.3, -0.25) is 14.4 Å². The van der Waals surface area contributed by atoms with Crippen LogP contribution in [0.15, 0.2) is 90.0 Å². The van der Waals surface area contributed by atoms with E-state index in [0.29, 0.717) is 62.2 Å². The molecule has 1 aliphatic heterocycles. The van der Waals surface area contributed by atoms with Crippen LogP contribution >= 0.6 is 11.6 Å². The first-order valence-electron chi connectivity index (χ1n) is 26.0. The Balaban J connectivity index is 0.906. The van der Waals surface area contributed by atoms with Crippen molar-refractivity contribution in [3.8, 4) is 11.5 Å². The number of hydrogen-bond acceptors (Lipinski definition) is 14. The summed E-state index contributed by atoms with van der Waals surface area (Å²) in [5, 5.41) is 18.6. The molecule has 6 N–H and O–H groups in total. The molecule has 7 rings (SSSR count). The maximum absolute atomic E-state index is 14.7. The lowest BCUT2D eigenvalue weighted by molar-refractivity contribution is -0.147. The van der Waals surface area contributed by atoms with Crippen LogP contribution in [0.4, 0.5) is 23.1 Å². The smallest absolute Gasteiger partial charge is 0.246 e. The van der Waals surface area contributed by atoms with E-state index < -0.39 is 38.6 Å². The summed E-state index contributed by atoms with van der Waals surface area (Å²) in [6, 6.07) is 22.3. The summed E-state index contributed by atoms with van der Waals surface area (Å²) in [6.45, 7) is 15.4. The van der Waals surface area contributed by atoms with Crippen LogP contribution in [-0.4, -0.2) is 111 Å². The highest BCUT2D eigenvalue weighted by atomic mass is 35.5. The monoisotopic (exact) mass is 1080 g/mol. The van der Waals surface area contributed by atoms with Crippen molar-refractivity contribution in [1.82, 2.24) is 36.1 Å². The number of ether oxygens (including phenoxy) is 3. The second-order valence-electron chi connectivity index (χ2n) is 20.8. The summed E-state index contributed by atoms with van der Waals surface area (Å²) in [5.41, 5.74) is 6.67. The Morgan fingerprint density at radius 2 is 1.66 bits per heavy atom. The number of fused-ring (bicyclic) bond motifs is 2. The van der Waals surface area contributed by atoms with Gasteiger partial charge in [0, 0.05) is 19.5 Å². The highest BCUT2D eigenvalue weighted by Gasteiger charge is 2.43. The Morgan fingerprint density at radius 3 is 2.41 bits per heavy atom. The van der Waals surface area contributed by atoms with Crippen molar-refractivity contribution >= 4 is 62.3 Å². The first kappa shape index (κ1) is 57.4. The molecular formula is C57H74ClN9O8S. The fraction of sp³-hybridized carbons (Fsp3) is 0.456. The van der Waals surface area contributed by atoms with Crippen molar-refractivity contribution in [2.75, 3.05) is 57.7 Å². The zero-order valence-corrected chi connectivity index (χ0v) is 46.7. The predicted molar refractivity (Wildman–Crippen MR) is 298 cm³/mol. The molecule has 408 valence electrons. The molecule has 4 atom stereocenters. The van der Waals surface area contributed by atoms with Gasteiger partial charge in [0.1, 0.15) is 35.2 Å². The van der Waals surface area contributed by atoms with E-state index in [1.54, 1.807) is 64.1 Å². The summed E-state index contributed by atoms with van der Waals surface area (Å²) in [5.74, 6) is 0.883. The molecule has 0 fully saturated rings. The molecule has 19 heteroatoms. The van der Waals surface area contributed by atoms with E-state index in [0.717, 1.165) is 53.5 Å². The number of amides is 3. The van der Waals surface area contributed by atoms with Gasteiger partial charge in [-0.15, -0.1) is 0 Å². The van der Waals surface area contributed by atoms with Crippen LogP contribution in [0.25, 0.3) is 0 Å². The lowest BCUT2D eigenvalue weighted by Crippen LogP contribution is -2.62. The number of rotatable bonds is 23. The summed E-state index contributed by atoms with van der Waals surface area (Å²) in [4.78, 5) is 53.0. The number of hydrogen-bond donors (Lipinski definition) is 6. The van der Waals surface area contributed by atoms with Gasteiger partial charge in [0.15, 0.2) is 15.7 Å². The first-order valence-corrected chi connectivity index (χ1v) is 28.0. The maximum atomic E-state index is 14.7. The molecule has 0 bridgehead atoms.